The number of benzene rings is 2. The van der Waals surface area contributed by atoms with Crippen molar-refractivity contribution in [3.8, 4) is 0 Å². The first-order valence-electron chi connectivity index (χ1n) is 9.48. The Hall–Kier alpha value is -3.57. The molecule has 1 aliphatic heterocycles. The summed E-state index contributed by atoms with van der Waals surface area (Å²) < 4.78 is 26.5. The Balaban J connectivity index is 1.51. The van der Waals surface area contributed by atoms with E-state index >= 15 is 0 Å². The molecule has 0 unspecified atom stereocenters. The zero-order valence-electron chi connectivity index (χ0n) is 16.5. The van der Waals surface area contributed by atoms with Gasteiger partial charge in [-0.15, -0.1) is 4.83 Å². The quantitative estimate of drug-likeness (QED) is 0.488. The summed E-state index contributed by atoms with van der Waals surface area (Å²) in [5, 5.41) is 2.84. The maximum absolute atomic E-state index is 12.5. The molecular formula is C20H19N5O5S. The average Bonchev–Trinajstić information content (AvgIpc) is 3.25. The van der Waals surface area contributed by atoms with Crippen LogP contribution in [0.25, 0.3) is 10.9 Å². The van der Waals surface area contributed by atoms with Crippen LogP contribution in [0, 0.1) is 0 Å². The second-order valence-electron chi connectivity index (χ2n) is 6.98. The van der Waals surface area contributed by atoms with E-state index < -0.39 is 15.9 Å². The summed E-state index contributed by atoms with van der Waals surface area (Å²) in [7, 11) is -2.58. The molecule has 0 fully saturated rings. The van der Waals surface area contributed by atoms with E-state index in [-0.39, 0.29) is 21.9 Å². The van der Waals surface area contributed by atoms with E-state index in [9.17, 15) is 22.8 Å². The molecule has 1 aromatic heterocycles. The molecule has 0 saturated carbocycles. The summed E-state index contributed by atoms with van der Waals surface area (Å²) in [6, 6.07) is 9.65. The molecule has 4 rings (SSSR count). The highest BCUT2D eigenvalue weighted by Crippen LogP contribution is 2.16. The van der Waals surface area contributed by atoms with Crippen molar-refractivity contribution in [1.82, 2.24) is 25.1 Å². The fourth-order valence-corrected chi connectivity index (χ4v) is 4.24. The third-order valence-corrected chi connectivity index (χ3v) is 6.30. The van der Waals surface area contributed by atoms with Gasteiger partial charge in [-0.2, -0.15) is 0 Å². The third kappa shape index (κ3) is 3.92. The Morgan fingerprint density at radius 1 is 1.03 bits per heavy atom. The molecular weight excluding hydrogens is 422 g/mol. The summed E-state index contributed by atoms with van der Waals surface area (Å²) in [5.41, 5.74) is 2.85. The normalized spacial score (nSPS) is 13.1. The minimum Gasteiger partial charge on any atom is -0.355 e. The minimum atomic E-state index is -4.05. The molecule has 160 valence electrons. The Labute approximate surface area is 177 Å². The Morgan fingerprint density at radius 3 is 2.45 bits per heavy atom. The van der Waals surface area contributed by atoms with Gasteiger partial charge in [0.05, 0.1) is 15.8 Å². The van der Waals surface area contributed by atoms with Crippen LogP contribution in [0.2, 0.25) is 0 Å². The summed E-state index contributed by atoms with van der Waals surface area (Å²) in [5.74, 6) is -0.369. The molecule has 0 saturated heterocycles. The molecule has 2 aromatic carbocycles. The lowest BCUT2D eigenvalue weighted by molar-refractivity contribution is 0.0942. The number of hydrazine groups is 1. The Bertz CT molecular complexity index is 1360. The Kier molecular flexibility index (Phi) is 5.29. The van der Waals surface area contributed by atoms with E-state index in [0.29, 0.717) is 35.3 Å². The second kappa shape index (κ2) is 7.93. The number of nitrogens with one attached hydrogen (secondary N) is 3. The van der Waals surface area contributed by atoms with Crippen molar-refractivity contribution in [2.45, 2.75) is 24.3 Å². The lowest BCUT2D eigenvalue weighted by Gasteiger charge is -2.10. The van der Waals surface area contributed by atoms with E-state index in [2.05, 4.69) is 15.7 Å². The number of hydrogen-bond acceptors (Lipinski definition) is 6. The highest BCUT2D eigenvalue weighted by molar-refractivity contribution is 7.89. The number of fused-ring (bicyclic) bond motifs is 2. The van der Waals surface area contributed by atoms with Crippen LogP contribution in [0.1, 0.15) is 33.0 Å². The first-order valence-corrected chi connectivity index (χ1v) is 11.0. The van der Waals surface area contributed by atoms with Crippen LogP contribution in [-0.2, 0) is 23.0 Å². The summed E-state index contributed by atoms with van der Waals surface area (Å²) >= 11 is 0. The number of carbonyl (C=O) groups excluding carboxylic acids is 2. The number of hydrogen-bond donors (Lipinski definition) is 3. The average molecular weight is 441 g/mol. The molecule has 0 bridgehead atoms. The fraction of sp³-hybridized carbons (Fsp3) is 0.200. The third-order valence-electron chi connectivity index (χ3n) is 5.03. The van der Waals surface area contributed by atoms with Gasteiger partial charge in [0, 0.05) is 31.1 Å². The van der Waals surface area contributed by atoms with Crippen LogP contribution >= 0.6 is 0 Å². The van der Waals surface area contributed by atoms with E-state index in [1.54, 1.807) is 4.57 Å². The molecule has 2 amide bonds. The van der Waals surface area contributed by atoms with Crippen molar-refractivity contribution in [1.29, 1.82) is 0 Å². The van der Waals surface area contributed by atoms with Crippen LogP contribution < -0.4 is 21.1 Å². The smallest absolute Gasteiger partial charge is 0.266 e. The minimum absolute atomic E-state index is 0.121. The highest BCUT2D eigenvalue weighted by atomic mass is 32.2. The maximum Gasteiger partial charge on any atom is 0.266 e. The number of amides is 2. The largest absolute Gasteiger partial charge is 0.355 e. The molecule has 2 heterocycles. The number of nitrogens with zero attached hydrogens (tertiary/aromatic N) is 2. The van der Waals surface area contributed by atoms with Gasteiger partial charge in [-0.1, -0.05) is 0 Å². The van der Waals surface area contributed by atoms with Crippen LogP contribution in [0.3, 0.4) is 0 Å². The zero-order valence-corrected chi connectivity index (χ0v) is 17.3. The van der Waals surface area contributed by atoms with Crippen molar-refractivity contribution in [3.05, 3.63) is 69.8 Å². The molecule has 0 aliphatic carbocycles. The maximum atomic E-state index is 12.5. The van der Waals surface area contributed by atoms with Crippen LogP contribution in [0.4, 0.5) is 0 Å². The standard InChI is InChI=1S/C20H19N5O5S/c1-21-18(26)12-4-7-14(8-5-12)31(29,30)24-23-19(27)13-6-9-15-16(11-13)22-17-3-2-10-25(17)20(15)28/h4-9,11,24H,2-3,10H2,1H3,(H,21,26)(H,23,27). The first kappa shape index (κ1) is 20.7. The van der Waals surface area contributed by atoms with Gasteiger partial charge in [-0.3, -0.25) is 24.4 Å². The molecule has 11 heteroatoms. The van der Waals surface area contributed by atoms with Gasteiger partial charge < -0.3 is 5.32 Å². The lowest BCUT2D eigenvalue weighted by Crippen LogP contribution is -2.41. The first-order chi connectivity index (χ1) is 14.8. The molecule has 0 atom stereocenters. The van der Waals surface area contributed by atoms with Crippen molar-refractivity contribution in [3.63, 3.8) is 0 Å². The topological polar surface area (TPSA) is 139 Å². The van der Waals surface area contributed by atoms with Crippen LogP contribution in [-0.4, -0.2) is 36.8 Å². The molecule has 10 nitrogen and oxygen atoms in total. The van der Waals surface area contributed by atoms with Crippen molar-refractivity contribution < 1.29 is 18.0 Å². The fourth-order valence-electron chi connectivity index (χ4n) is 3.40. The van der Waals surface area contributed by atoms with Crippen molar-refractivity contribution in [2.24, 2.45) is 0 Å². The number of sulfonamides is 1. The molecule has 0 spiro atoms. The zero-order chi connectivity index (χ0) is 22.2. The summed E-state index contributed by atoms with van der Waals surface area (Å²) in [6.07, 6.45) is 1.54. The van der Waals surface area contributed by atoms with E-state index in [4.69, 9.17) is 0 Å². The summed E-state index contributed by atoms with van der Waals surface area (Å²) in [6.45, 7) is 0.630. The van der Waals surface area contributed by atoms with E-state index in [1.165, 1.54) is 49.5 Å². The molecule has 0 radical (unpaired) electrons. The predicted molar refractivity (Wildman–Crippen MR) is 112 cm³/mol. The van der Waals surface area contributed by atoms with Crippen LogP contribution in [0.5, 0.6) is 0 Å². The molecule has 31 heavy (non-hydrogen) atoms. The van der Waals surface area contributed by atoms with Crippen LogP contribution in [0.15, 0.2) is 52.2 Å². The molecule has 3 aromatic rings. The number of aryl methyl sites for hydroxylation is 1. The van der Waals surface area contributed by atoms with Gasteiger partial charge in [-0.25, -0.2) is 13.4 Å². The van der Waals surface area contributed by atoms with E-state index in [0.717, 1.165) is 6.42 Å². The van der Waals surface area contributed by atoms with Crippen molar-refractivity contribution in [2.75, 3.05) is 7.05 Å². The van der Waals surface area contributed by atoms with Gasteiger partial charge in [-0.05, 0) is 48.9 Å². The monoisotopic (exact) mass is 441 g/mol. The highest BCUT2D eigenvalue weighted by Gasteiger charge is 2.19. The van der Waals surface area contributed by atoms with Gasteiger partial charge in [0.1, 0.15) is 5.82 Å². The summed E-state index contributed by atoms with van der Waals surface area (Å²) in [4.78, 5) is 42.9. The van der Waals surface area contributed by atoms with Gasteiger partial charge >= 0.3 is 0 Å². The second-order valence-corrected chi connectivity index (χ2v) is 8.67. The SMILES string of the molecule is CNC(=O)c1ccc(S(=O)(=O)NNC(=O)c2ccc3c(=O)n4c(nc3c2)CCC4)cc1. The van der Waals surface area contributed by atoms with E-state index in [1.807, 2.05) is 4.83 Å². The van der Waals surface area contributed by atoms with Gasteiger partial charge in [0.2, 0.25) is 0 Å². The molecule has 1 aliphatic rings. The number of rotatable bonds is 5. The number of carbonyl (C=O) groups is 2. The predicted octanol–water partition coefficient (Wildman–Crippen LogP) is 0.326. The van der Waals surface area contributed by atoms with Gasteiger partial charge in [0.25, 0.3) is 27.4 Å². The van der Waals surface area contributed by atoms with Gasteiger partial charge in [0.15, 0.2) is 0 Å². The number of aromatic nitrogens is 2. The Morgan fingerprint density at radius 2 is 1.74 bits per heavy atom. The van der Waals surface area contributed by atoms with Crippen molar-refractivity contribution >= 4 is 32.7 Å². The molecule has 3 N–H and O–H groups in total. The lowest BCUT2D eigenvalue weighted by atomic mass is 10.1.